The van der Waals surface area contributed by atoms with E-state index in [9.17, 15) is 13.2 Å². The maximum absolute atomic E-state index is 12.7. The van der Waals surface area contributed by atoms with Crippen molar-refractivity contribution in [1.82, 2.24) is 23.3 Å². The Morgan fingerprint density at radius 1 is 1.35 bits per heavy atom. The number of rotatable bonds is 4. The molecule has 124 valence electrons. The van der Waals surface area contributed by atoms with E-state index in [0.717, 1.165) is 29.1 Å². The molecule has 1 fully saturated rings. The third kappa shape index (κ3) is 3.20. The highest BCUT2D eigenvalue weighted by atomic mass is 32.2. The Kier molecular flexibility index (Phi) is 4.57. The summed E-state index contributed by atoms with van der Waals surface area (Å²) in [5, 5.41) is 3.16. The van der Waals surface area contributed by atoms with Gasteiger partial charge < -0.3 is 10.2 Å². The zero-order chi connectivity index (χ0) is 16.4. The van der Waals surface area contributed by atoms with Gasteiger partial charge in [-0.3, -0.25) is 4.79 Å². The van der Waals surface area contributed by atoms with Gasteiger partial charge in [-0.2, -0.15) is 13.1 Å². The Morgan fingerprint density at radius 3 is 2.83 bits per heavy atom. The Hall–Kier alpha value is -1.62. The van der Waals surface area contributed by atoms with Gasteiger partial charge in [-0.25, -0.2) is 8.42 Å². The summed E-state index contributed by atoms with van der Waals surface area (Å²) in [6, 6.07) is 4.83. The van der Waals surface area contributed by atoms with Crippen LogP contribution in [0.2, 0.25) is 0 Å². The number of carbonyl (C=O) groups excluding carboxylic acids is 1. The molecular weight excluding hydrogens is 338 g/mol. The van der Waals surface area contributed by atoms with E-state index in [4.69, 9.17) is 0 Å². The van der Waals surface area contributed by atoms with Gasteiger partial charge in [0.2, 0.25) is 15.9 Å². The molecule has 3 rings (SSSR count). The molecule has 0 bridgehead atoms. The highest BCUT2D eigenvalue weighted by molar-refractivity contribution is 7.89. The molecule has 1 saturated heterocycles. The van der Waals surface area contributed by atoms with Crippen LogP contribution in [0.5, 0.6) is 0 Å². The molecule has 2 heterocycles. The van der Waals surface area contributed by atoms with Crippen molar-refractivity contribution in [3.05, 3.63) is 18.2 Å². The summed E-state index contributed by atoms with van der Waals surface area (Å²) >= 11 is 0.966. The van der Waals surface area contributed by atoms with Crippen LogP contribution in [0.4, 0.5) is 0 Å². The van der Waals surface area contributed by atoms with E-state index in [0.29, 0.717) is 24.1 Å². The van der Waals surface area contributed by atoms with Crippen LogP contribution < -0.4 is 5.32 Å². The van der Waals surface area contributed by atoms with Crippen molar-refractivity contribution in [3.63, 3.8) is 0 Å². The maximum Gasteiger partial charge on any atom is 0.245 e. The minimum absolute atomic E-state index is 0.0827. The average Bonchev–Trinajstić information content (AvgIpc) is 3.03. The zero-order valence-electron chi connectivity index (χ0n) is 12.6. The SMILES string of the molecule is CN(CC(=O)N1CCNCC1)S(=O)(=O)c1cccc2nsnc12. The number of nitrogens with zero attached hydrogens (tertiary/aromatic N) is 4. The first-order valence-corrected chi connectivity index (χ1v) is 9.33. The first kappa shape index (κ1) is 16.2. The molecule has 1 amide bonds. The predicted molar refractivity (Wildman–Crippen MR) is 86.7 cm³/mol. The number of likely N-dealkylation sites (N-methyl/N-ethyl adjacent to an activating group) is 1. The van der Waals surface area contributed by atoms with Crippen LogP contribution in [0, 0.1) is 0 Å². The van der Waals surface area contributed by atoms with Gasteiger partial charge in [-0.05, 0) is 12.1 Å². The third-order valence-corrected chi connectivity index (χ3v) is 6.14. The van der Waals surface area contributed by atoms with E-state index < -0.39 is 10.0 Å². The molecule has 0 atom stereocenters. The van der Waals surface area contributed by atoms with Gasteiger partial charge in [0.05, 0.1) is 18.3 Å². The summed E-state index contributed by atoms with van der Waals surface area (Å²) in [5.41, 5.74) is 0.886. The predicted octanol–water partition coefficient (Wildman–Crippen LogP) is -0.256. The summed E-state index contributed by atoms with van der Waals surface area (Å²) in [4.78, 5) is 14.0. The number of carbonyl (C=O) groups is 1. The van der Waals surface area contributed by atoms with Crippen LogP contribution in [0.1, 0.15) is 0 Å². The molecule has 1 aliphatic heterocycles. The number of nitrogens with one attached hydrogen (secondary N) is 1. The van der Waals surface area contributed by atoms with Gasteiger partial charge in [-0.1, -0.05) is 6.07 Å². The molecular formula is C13H17N5O3S2. The molecule has 1 aromatic carbocycles. The molecule has 10 heteroatoms. The van der Waals surface area contributed by atoms with Crippen LogP contribution >= 0.6 is 11.7 Å². The van der Waals surface area contributed by atoms with E-state index >= 15 is 0 Å². The molecule has 0 saturated carbocycles. The minimum atomic E-state index is -3.79. The van der Waals surface area contributed by atoms with Crippen LogP contribution in [-0.2, 0) is 14.8 Å². The summed E-state index contributed by atoms with van der Waals surface area (Å²) in [7, 11) is -2.38. The van der Waals surface area contributed by atoms with Crippen molar-refractivity contribution in [2.24, 2.45) is 0 Å². The Balaban J connectivity index is 1.81. The number of fused-ring (bicyclic) bond motifs is 1. The van der Waals surface area contributed by atoms with Crippen molar-refractivity contribution in [3.8, 4) is 0 Å². The molecule has 0 aliphatic carbocycles. The molecule has 1 aliphatic rings. The van der Waals surface area contributed by atoms with Crippen molar-refractivity contribution < 1.29 is 13.2 Å². The number of hydrogen-bond donors (Lipinski definition) is 1. The van der Waals surface area contributed by atoms with E-state index in [2.05, 4.69) is 14.1 Å². The fourth-order valence-corrected chi connectivity index (χ4v) is 4.32. The van der Waals surface area contributed by atoms with E-state index in [1.54, 1.807) is 17.0 Å². The number of sulfonamides is 1. The molecule has 2 aromatic rings. The largest absolute Gasteiger partial charge is 0.339 e. The molecule has 23 heavy (non-hydrogen) atoms. The summed E-state index contributed by atoms with van der Waals surface area (Å²) in [6.07, 6.45) is 0. The maximum atomic E-state index is 12.7. The van der Waals surface area contributed by atoms with Gasteiger partial charge in [0.15, 0.2) is 0 Å². The van der Waals surface area contributed by atoms with Gasteiger partial charge in [0.1, 0.15) is 15.9 Å². The minimum Gasteiger partial charge on any atom is -0.339 e. The lowest BCUT2D eigenvalue weighted by Crippen LogP contribution is -2.49. The number of benzene rings is 1. The molecule has 0 radical (unpaired) electrons. The second kappa shape index (κ2) is 6.48. The van der Waals surface area contributed by atoms with Crippen LogP contribution in [0.25, 0.3) is 11.0 Å². The quantitative estimate of drug-likeness (QED) is 0.812. The summed E-state index contributed by atoms with van der Waals surface area (Å²) in [5.74, 6) is -0.193. The monoisotopic (exact) mass is 355 g/mol. The molecule has 0 spiro atoms. The first-order valence-electron chi connectivity index (χ1n) is 7.16. The molecule has 1 N–H and O–H groups in total. The number of amides is 1. The molecule has 0 unspecified atom stereocenters. The Morgan fingerprint density at radius 2 is 2.09 bits per heavy atom. The molecule has 8 nitrogen and oxygen atoms in total. The highest BCUT2D eigenvalue weighted by Crippen LogP contribution is 2.23. The number of hydrogen-bond acceptors (Lipinski definition) is 7. The fourth-order valence-electron chi connectivity index (χ4n) is 2.45. The van der Waals surface area contributed by atoms with E-state index in [1.165, 1.54) is 13.1 Å². The Bertz CT molecular complexity index is 814. The normalized spacial score (nSPS) is 16.2. The van der Waals surface area contributed by atoms with Gasteiger partial charge in [-0.15, -0.1) is 0 Å². The summed E-state index contributed by atoms with van der Waals surface area (Å²) in [6.45, 7) is 2.46. The standard InChI is InChI=1S/C13H17N5O3S2/c1-17(9-12(19)18-7-5-14-6-8-18)23(20,21)11-4-2-3-10-13(11)16-22-15-10/h2-4,14H,5-9H2,1H3. The second-order valence-corrected chi connectivity index (χ2v) is 7.82. The fraction of sp³-hybridized carbons (Fsp3) is 0.462. The lowest BCUT2D eigenvalue weighted by Gasteiger charge is -2.29. The zero-order valence-corrected chi connectivity index (χ0v) is 14.2. The van der Waals surface area contributed by atoms with Crippen LogP contribution in [-0.4, -0.2) is 72.0 Å². The average molecular weight is 355 g/mol. The van der Waals surface area contributed by atoms with E-state index in [-0.39, 0.29) is 17.3 Å². The van der Waals surface area contributed by atoms with Gasteiger partial charge >= 0.3 is 0 Å². The van der Waals surface area contributed by atoms with Crippen LogP contribution in [0.3, 0.4) is 0 Å². The topological polar surface area (TPSA) is 95.5 Å². The summed E-state index contributed by atoms with van der Waals surface area (Å²) < 4.78 is 34.7. The van der Waals surface area contributed by atoms with Gasteiger partial charge in [0.25, 0.3) is 0 Å². The lowest BCUT2D eigenvalue weighted by atomic mass is 10.3. The van der Waals surface area contributed by atoms with Gasteiger partial charge in [0, 0.05) is 33.2 Å². The van der Waals surface area contributed by atoms with Crippen molar-refractivity contribution >= 4 is 38.7 Å². The number of piperazine rings is 1. The first-order chi connectivity index (χ1) is 11.0. The van der Waals surface area contributed by atoms with Crippen molar-refractivity contribution in [1.29, 1.82) is 0 Å². The van der Waals surface area contributed by atoms with Crippen LogP contribution in [0.15, 0.2) is 23.1 Å². The van der Waals surface area contributed by atoms with E-state index in [1.807, 2.05) is 0 Å². The second-order valence-electron chi connectivity index (χ2n) is 5.28. The smallest absolute Gasteiger partial charge is 0.245 e. The van der Waals surface area contributed by atoms with Crippen molar-refractivity contribution in [2.45, 2.75) is 4.90 Å². The lowest BCUT2D eigenvalue weighted by molar-refractivity contribution is -0.131. The highest BCUT2D eigenvalue weighted by Gasteiger charge is 2.28. The molecule has 1 aromatic heterocycles. The van der Waals surface area contributed by atoms with Crippen molar-refractivity contribution in [2.75, 3.05) is 39.8 Å². The third-order valence-electron chi connectivity index (χ3n) is 3.76. The number of aromatic nitrogens is 2. The Labute approximate surface area is 138 Å².